The Bertz CT molecular complexity index is 568. The molecule has 0 bridgehead atoms. The number of benzene rings is 1. The number of aliphatic hydroxyl groups excluding tert-OH is 1. The molecule has 0 unspecified atom stereocenters. The maximum Gasteiger partial charge on any atom is 0.130 e. The smallest absolute Gasteiger partial charge is 0.130 e. The van der Waals surface area contributed by atoms with Crippen LogP contribution in [-0.2, 0) is 4.74 Å². The average molecular weight is 311 g/mol. The van der Waals surface area contributed by atoms with Crippen LogP contribution in [0.4, 0.5) is 4.39 Å². The highest BCUT2D eigenvalue weighted by molar-refractivity contribution is 7.17. The van der Waals surface area contributed by atoms with E-state index in [-0.39, 0.29) is 12.4 Å². The second kappa shape index (κ2) is 7.84. The number of nitrogens with zero attached hydrogens (tertiary/aromatic N) is 1. The van der Waals surface area contributed by atoms with E-state index in [1.807, 2.05) is 11.4 Å². The molecule has 0 amide bonds. The van der Waals surface area contributed by atoms with Crippen LogP contribution in [0.5, 0.6) is 0 Å². The Labute approximate surface area is 129 Å². The molecule has 0 saturated heterocycles. The van der Waals surface area contributed by atoms with E-state index in [9.17, 15) is 9.50 Å². The van der Waals surface area contributed by atoms with Gasteiger partial charge in [-0.05, 0) is 42.1 Å². The van der Waals surface area contributed by atoms with Crippen LogP contribution in [0, 0.1) is 5.82 Å². The first-order valence-electron chi connectivity index (χ1n) is 7.30. The number of hydrogen-bond acceptors (Lipinski definition) is 4. The topological polar surface area (TPSA) is 32.7 Å². The Morgan fingerprint density at radius 1 is 1.33 bits per heavy atom. The van der Waals surface area contributed by atoms with Gasteiger partial charge in [0.15, 0.2) is 0 Å². The van der Waals surface area contributed by atoms with E-state index < -0.39 is 6.10 Å². The minimum Gasteiger partial charge on any atom is -0.386 e. The molecule has 2 rings (SSSR count). The number of aliphatic hydroxyl groups is 1. The van der Waals surface area contributed by atoms with Crippen molar-refractivity contribution in [3.63, 3.8) is 0 Å². The molecule has 0 fully saturated rings. The second-order valence-corrected chi connectivity index (χ2v) is 5.90. The van der Waals surface area contributed by atoms with Crippen molar-refractivity contribution in [3.8, 4) is 0 Å². The van der Waals surface area contributed by atoms with Crippen molar-refractivity contribution in [3.05, 3.63) is 35.0 Å². The highest BCUT2D eigenvalue weighted by Crippen LogP contribution is 2.27. The molecule has 0 spiro atoms. The number of thiophene rings is 1. The SMILES string of the molecule is CCN(CC)CCOC[C@H](O)c1cc2ccsc2cc1F. The fourth-order valence-corrected chi connectivity index (χ4v) is 3.07. The van der Waals surface area contributed by atoms with Gasteiger partial charge in [0.2, 0.25) is 0 Å². The summed E-state index contributed by atoms with van der Waals surface area (Å²) < 4.78 is 20.3. The molecule has 1 heterocycles. The van der Waals surface area contributed by atoms with Crippen LogP contribution in [0.15, 0.2) is 23.6 Å². The summed E-state index contributed by atoms with van der Waals surface area (Å²) in [6.45, 7) is 7.64. The monoisotopic (exact) mass is 311 g/mol. The Hall–Kier alpha value is -1.01. The molecule has 1 aromatic heterocycles. The van der Waals surface area contributed by atoms with Gasteiger partial charge in [-0.15, -0.1) is 11.3 Å². The van der Waals surface area contributed by atoms with Gasteiger partial charge in [-0.25, -0.2) is 4.39 Å². The minimum absolute atomic E-state index is 0.119. The highest BCUT2D eigenvalue weighted by atomic mass is 32.1. The van der Waals surface area contributed by atoms with Crippen LogP contribution in [0.2, 0.25) is 0 Å². The number of likely N-dealkylation sites (N-methyl/N-ethyl adjacent to an activating group) is 1. The molecule has 0 saturated carbocycles. The third kappa shape index (κ3) is 4.23. The Morgan fingerprint density at radius 3 is 2.81 bits per heavy atom. The van der Waals surface area contributed by atoms with Gasteiger partial charge in [0, 0.05) is 16.8 Å². The molecule has 1 atom stereocenters. The van der Waals surface area contributed by atoms with Gasteiger partial charge in [0.05, 0.1) is 13.2 Å². The van der Waals surface area contributed by atoms with Crippen molar-refractivity contribution in [2.24, 2.45) is 0 Å². The Kier molecular flexibility index (Phi) is 6.11. The van der Waals surface area contributed by atoms with Crippen molar-refractivity contribution in [1.82, 2.24) is 4.90 Å². The van der Waals surface area contributed by atoms with Crippen LogP contribution in [-0.4, -0.2) is 42.9 Å². The van der Waals surface area contributed by atoms with Gasteiger partial charge in [-0.1, -0.05) is 13.8 Å². The molecule has 21 heavy (non-hydrogen) atoms. The van der Waals surface area contributed by atoms with Gasteiger partial charge >= 0.3 is 0 Å². The van der Waals surface area contributed by atoms with Crippen molar-refractivity contribution in [2.45, 2.75) is 20.0 Å². The predicted molar refractivity (Wildman–Crippen MR) is 85.3 cm³/mol. The van der Waals surface area contributed by atoms with Crippen LogP contribution in [0.3, 0.4) is 0 Å². The molecular weight excluding hydrogens is 289 g/mol. The predicted octanol–water partition coefficient (Wildman–Crippen LogP) is 3.43. The second-order valence-electron chi connectivity index (χ2n) is 4.95. The zero-order valence-electron chi connectivity index (χ0n) is 12.5. The first-order valence-corrected chi connectivity index (χ1v) is 8.18. The van der Waals surface area contributed by atoms with Crippen LogP contribution in [0.25, 0.3) is 10.1 Å². The normalized spacial score (nSPS) is 13.2. The van der Waals surface area contributed by atoms with Gasteiger partial charge < -0.3 is 14.7 Å². The summed E-state index contributed by atoms with van der Waals surface area (Å²) in [5.74, 6) is -0.371. The van der Waals surface area contributed by atoms with Crippen molar-refractivity contribution < 1.29 is 14.2 Å². The lowest BCUT2D eigenvalue weighted by Crippen LogP contribution is -2.27. The van der Waals surface area contributed by atoms with E-state index in [0.29, 0.717) is 12.2 Å². The zero-order valence-corrected chi connectivity index (χ0v) is 13.3. The molecule has 2 aromatic rings. The number of hydrogen-bond donors (Lipinski definition) is 1. The average Bonchev–Trinajstić information content (AvgIpc) is 2.93. The summed E-state index contributed by atoms with van der Waals surface area (Å²) in [4.78, 5) is 2.24. The van der Waals surface area contributed by atoms with E-state index in [2.05, 4.69) is 18.7 Å². The largest absolute Gasteiger partial charge is 0.386 e. The van der Waals surface area contributed by atoms with Gasteiger partial charge in [0.25, 0.3) is 0 Å². The van der Waals surface area contributed by atoms with Gasteiger partial charge in [0.1, 0.15) is 11.9 Å². The fraction of sp³-hybridized carbons (Fsp3) is 0.500. The van der Waals surface area contributed by atoms with E-state index in [1.165, 1.54) is 17.4 Å². The summed E-state index contributed by atoms with van der Waals surface area (Å²) >= 11 is 1.49. The number of halogens is 1. The number of ether oxygens (including phenoxy) is 1. The third-order valence-electron chi connectivity index (χ3n) is 3.65. The van der Waals surface area contributed by atoms with Crippen molar-refractivity contribution in [2.75, 3.05) is 32.8 Å². The molecule has 0 radical (unpaired) electrons. The maximum absolute atomic E-state index is 14.0. The lowest BCUT2D eigenvalue weighted by atomic mass is 10.1. The summed E-state index contributed by atoms with van der Waals surface area (Å²) in [5, 5.41) is 13.0. The van der Waals surface area contributed by atoms with Crippen molar-refractivity contribution in [1.29, 1.82) is 0 Å². The first kappa shape index (κ1) is 16.4. The highest BCUT2D eigenvalue weighted by Gasteiger charge is 2.14. The van der Waals surface area contributed by atoms with Gasteiger partial charge in [-0.3, -0.25) is 0 Å². The molecule has 3 nitrogen and oxygen atoms in total. The van der Waals surface area contributed by atoms with E-state index >= 15 is 0 Å². The van der Waals surface area contributed by atoms with Crippen molar-refractivity contribution >= 4 is 21.4 Å². The minimum atomic E-state index is -0.925. The van der Waals surface area contributed by atoms with E-state index in [4.69, 9.17) is 4.74 Å². The summed E-state index contributed by atoms with van der Waals surface area (Å²) in [5.41, 5.74) is 0.309. The molecule has 0 aliphatic rings. The Morgan fingerprint density at radius 2 is 2.10 bits per heavy atom. The van der Waals surface area contributed by atoms with Crippen LogP contribution < -0.4 is 0 Å². The lowest BCUT2D eigenvalue weighted by molar-refractivity contribution is 0.0259. The fourth-order valence-electron chi connectivity index (χ4n) is 2.28. The Balaban J connectivity index is 1.89. The number of fused-ring (bicyclic) bond motifs is 1. The standard InChI is InChI=1S/C16H22FNO2S/c1-3-18(4-2)6-7-20-11-15(19)13-9-12-5-8-21-16(12)10-14(13)17/h5,8-10,15,19H,3-4,6-7,11H2,1-2H3/t15-/m0/s1. The number of rotatable bonds is 8. The summed E-state index contributed by atoms with van der Waals surface area (Å²) in [7, 11) is 0. The molecule has 1 aromatic carbocycles. The molecule has 116 valence electrons. The zero-order chi connectivity index (χ0) is 15.2. The van der Waals surface area contributed by atoms with Crippen LogP contribution in [0.1, 0.15) is 25.5 Å². The van der Waals surface area contributed by atoms with Crippen LogP contribution >= 0.6 is 11.3 Å². The first-order chi connectivity index (χ1) is 10.2. The molecular formula is C16H22FNO2S. The summed E-state index contributed by atoms with van der Waals surface area (Å²) in [6, 6.07) is 5.12. The third-order valence-corrected chi connectivity index (χ3v) is 4.53. The molecule has 1 N–H and O–H groups in total. The maximum atomic E-state index is 14.0. The molecule has 0 aliphatic heterocycles. The van der Waals surface area contributed by atoms with E-state index in [0.717, 1.165) is 29.7 Å². The molecule has 0 aliphatic carbocycles. The van der Waals surface area contributed by atoms with E-state index in [1.54, 1.807) is 6.07 Å². The lowest BCUT2D eigenvalue weighted by Gasteiger charge is -2.18. The quantitative estimate of drug-likeness (QED) is 0.758. The summed E-state index contributed by atoms with van der Waals surface area (Å²) in [6.07, 6.45) is -0.925. The van der Waals surface area contributed by atoms with Gasteiger partial charge in [-0.2, -0.15) is 0 Å². The molecule has 5 heteroatoms.